The number of ether oxygens (including phenoxy) is 1. The lowest BCUT2D eigenvalue weighted by molar-refractivity contribution is 0.242. The highest BCUT2D eigenvalue weighted by Gasteiger charge is 2.14. The highest BCUT2D eigenvalue weighted by Crippen LogP contribution is 2.35. The van der Waals surface area contributed by atoms with Crippen LogP contribution in [-0.4, -0.2) is 6.10 Å². The molecule has 0 aliphatic carbocycles. The van der Waals surface area contributed by atoms with Gasteiger partial charge in [-0.25, -0.2) is 0 Å². The molecule has 1 atom stereocenters. The first-order valence-corrected chi connectivity index (χ1v) is 7.93. The van der Waals surface area contributed by atoms with Gasteiger partial charge in [-0.15, -0.1) is 11.6 Å². The maximum absolute atomic E-state index is 6.53. The van der Waals surface area contributed by atoms with Crippen molar-refractivity contribution in [1.29, 1.82) is 0 Å². The van der Waals surface area contributed by atoms with E-state index in [0.29, 0.717) is 5.02 Å². The summed E-state index contributed by atoms with van der Waals surface area (Å²) in [4.78, 5) is 0. The molecule has 0 spiro atoms. The first-order chi connectivity index (χ1) is 9.47. The van der Waals surface area contributed by atoms with E-state index in [2.05, 4.69) is 15.9 Å². The number of alkyl halides is 1. The van der Waals surface area contributed by atoms with E-state index >= 15 is 0 Å². The molecule has 20 heavy (non-hydrogen) atoms. The van der Waals surface area contributed by atoms with Crippen molar-refractivity contribution in [1.82, 2.24) is 0 Å². The fourth-order valence-electron chi connectivity index (χ4n) is 1.87. The summed E-state index contributed by atoms with van der Waals surface area (Å²) in [5.74, 6) is 0.850. The van der Waals surface area contributed by atoms with Crippen molar-refractivity contribution in [3.8, 4) is 5.75 Å². The van der Waals surface area contributed by atoms with Gasteiger partial charge in [0.25, 0.3) is 0 Å². The summed E-state index contributed by atoms with van der Waals surface area (Å²) < 4.78 is 6.53. The average molecular weight is 374 g/mol. The third kappa shape index (κ3) is 3.91. The maximum atomic E-state index is 6.53. The van der Waals surface area contributed by atoms with Crippen LogP contribution in [-0.2, 0) is 0 Å². The molecule has 0 fully saturated rings. The number of hydrogen-bond donors (Lipinski definition) is 0. The van der Waals surface area contributed by atoms with E-state index in [-0.39, 0.29) is 11.5 Å². The van der Waals surface area contributed by atoms with Crippen molar-refractivity contribution < 1.29 is 4.74 Å². The molecule has 0 saturated heterocycles. The van der Waals surface area contributed by atoms with Crippen LogP contribution in [0.4, 0.5) is 0 Å². The second-order valence-corrected chi connectivity index (χ2v) is 6.49. The van der Waals surface area contributed by atoms with Gasteiger partial charge >= 0.3 is 0 Å². The molecule has 0 amide bonds. The minimum absolute atomic E-state index is 0.165. The molecule has 0 radical (unpaired) electrons. The highest BCUT2D eigenvalue weighted by atomic mass is 79.9. The molecule has 0 aromatic heterocycles. The Balaban J connectivity index is 2.22. The van der Waals surface area contributed by atoms with Crippen LogP contribution in [0.25, 0.3) is 0 Å². The molecule has 0 N–H and O–H groups in total. The number of benzene rings is 2. The van der Waals surface area contributed by atoms with Crippen molar-refractivity contribution in [2.75, 3.05) is 0 Å². The Hall–Kier alpha value is -0.700. The monoisotopic (exact) mass is 372 g/mol. The minimum Gasteiger partial charge on any atom is -0.491 e. The van der Waals surface area contributed by atoms with Gasteiger partial charge < -0.3 is 4.74 Å². The van der Waals surface area contributed by atoms with Crippen molar-refractivity contribution in [2.45, 2.75) is 25.3 Å². The van der Waals surface area contributed by atoms with Crippen molar-refractivity contribution >= 4 is 39.1 Å². The highest BCUT2D eigenvalue weighted by molar-refractivity contribution is 9.10. The fourth-order valence-corrected chi connectivity index (χ4v) is 3.25. The molecule has 0 heterocycles. The zero-order chi connectivity index (χ0) is 14.7. The lowest BCUT2D eigenvalue weighted by Gasteiger charge is -2.14. The second-order valence-electron chi connectivity index (χ2n) is 4.76. The number of rotatable bonds is 4. The molecule has 2 rings (SSSR count). The Morgan fingerprint density at radius 2 is 1.70 bits per heavy atom. The summed E-state index contributed by atoms with van der Waals surface area (Å²) in [7, 11) is 0. The molecule has 1 unspecified atom stereocenters. The van der Waals surface area contributed by atoms with Crippen molar-refractivity contribution in [2.24, 2.45) is 0 Å². The predicted molar refractivity (Wildman–Crippen MR) is 89.1 cm³/mol. The van der Waals surface area contributed by atoms with Crippen LogP contribution in [0, 0.1) is 0 Å². The van der Waals surface area contributed by atoms with Crippen LogP contribution in [0.1, 0.15) is 30.4 Å². The molecule has 0 aliphatic rings. The molecule has 0 bridgehead atoms. The van der Waals surface area contributed by atoms with Crippen molar-refractivity contribution in [3.63, 3.8) is 0 Å². The van der Waals surface area contributed by atoms with Gasteiger partial charge in [0.1, 0.15) is 5.75 Å². The van der Waals surface area contributed by atoms with Gasteiger partial charge in [0, 0.05) is 9.50 Å². The SMILES string of the molecule is CC(C)Oc1ccc(C(Cl)c2ccc(Cl)cc2Br)cc1. The standard InChI is InChI=1S/C16H15BrCl2O/c1-10(2)20-13-6-3-11(4-7-13)16(19)14-8-5-12(18)9-15(14)17/h3-10,16H,1-2H3. The second kappa shape index (κ2) is 6.84. The first-order valence-electron chi connectivity index (χ1n) is 6.33. The summed E-state index contributed by atoms with van der Waals surface area (Å²) in [5.41, 5.74) is 2.01. The molecular formula is C16H15BrCl2O. The quantitative estimate of drug-likeness (QED) is 0.578. The van der Waals surface area contributed by atoms with E-state index in [4.69, 9.17) is 27.9 Å². The van der Waals surface area contributed by atoms with Gasteiger partial charge in [0.15, 0.2) is 0 Å². The van der Waals surface area contributed by atoms with Gasteiger partial charge in [-0.3, -0.25) is 0 Å². The Kier molecular flexibility index (Phi) is 5.36. The minimum atomic E-state index is -0.227. The van der Waals surface area contributed by atoms with E-state index < -0.39 is 0 Å². The Labute approximate surface area is 138 Å². The molecule has 0 aliphatic heterocycles. The zero-order valence-electron chi connectivity index (χ0n) is 11.2. The topological polar surface area (TPSA) is 9.23 Å². The summed E-state index contributed by atoms with van der Waals surface area (Å²) in [5, 5.41) is 0.458. The zero-order valence-corrected chi connectivity index (χ0v) is 14.3. The molecule has 1 nitrogen and oxygen atoms in total. The van der Waals surface area contributed by atoms with Crippen LogP contribution in [0.2, 0.25) is 5.02 Å². The van der Waals surface area contributed by atoms with E-state index in [1.54, 1.807) is 0 Å². The molecule has 2 aromatic carbocycles. The summed E-state index contributed by atoms with van der Waals surface area (Å²) in [6, 6.07) is 13.5. The van der Waals surface area contributed by atoms with Crippen LogP contribution in [0.3, 0.4) is 0 Å². The smallest absolute Gasteiger partial charge is 0.119 e. The first kappa shape index (κ1) is 15.7. The summed E-state index contributed by atoms with van der Waals surface area (Å²) in [6.07, 6.45) is 0.165. The van der Waals surface area contributed by atoms with E-state index in [1.165, 1.54) is 0 Å². The average Bonchev–Trinajstić information content (AvgIpc) is 2.38. The third-order valence-corrected chi connectivity index (χ3v) is 4.19. The largest absolute Gasteiger partial charge is 0.491 e. The van der Waals surface area contributed by atoms with Gasteiger partial charge in [-0.05, 0) is 49.2 Å². The van der Waals surface area contributed by atoms with Crippen LogP contribution < -0.4 is 4.74 Å². The van der Waals surface area contributed by atoms with Gasteiger partial charge in [-0.1, -0.05) is 45.7 Å². The van der Waals surface area contributed by atoms with E-state index in [0.717, 1.165) is 21.3 Å². The molecule has 0 saturated carbocycles. The Morgan fingerprint density at radius 1 is 1.05 bits per heavy atom. The van der Waals surface area contributed by atoms with Gasteiger partial charge in [0.2, 0.25) is 0 Å². The fraction of sp³-hybridized carbons (Fsp3) is 0.250. The lowest BCUT2D eigenvalue weighted by atomic mass is 10.0. The number of hydrogen-bond acceptors (Lipinski definition) is 1. The Morgan fingerprint density at radius 3 is 2.25 bits per heavy atom. The molecular weight excluding hydrogens is 359 g/mol. The molecule has 4 heteroatoms. The number of halogens is 3. The van der Waals surface area contributed by atoms with Crippen LogP contribution in [0.5, 0.6) is 5.75 Å². The molecule has 106 valence electrons. The van der Waals surface area contributed by atoms with Gasteiger partial charge in [-0.2, -0.15) is 0 Å². The lowest BCUT2D eigenvalue weighted by Crippen LogP contribution is -2.05. The summed E-state index contributed by atoms with van der Waals surface area (Å²) in [6.45, 7) is 4.01. The van der Waals surface area contributed by atoms with E-state index in [9.17, 15) is 0 Å². The van der Waals surface area contributed by atoms with Gasteiger partial charge in [0.05, 0.1) is 11.5 Å². The van der Waals surface area contributed by atoms with Crippen molar-refractivity contribution in [3.05, 3.63) is 63.1 Å². The molecule has 2 aromatic rings. The van der Waals surface area contributed by atoms with Crippen LogP contribution in [0.15, 0.2) is 46.9 Å². The normalized spacial score (nSPS) is 12.5. The predicted octanol–water partition coefficient (Wildman–Crippen LogP) is 6.22. The third-order valence-electron chi connectivity index (χ3n) is 2.78. The van der Waals surface area contributed by atoms with Crippen LogP contribution >= 0.6 is 39.1 Å². The summed E-state index contributed by atoms with van der Waals surface area (Å²) >= 11 is 16.0. The maximum Gasteiger partial charge on any atom is 0.119 e. The Bertz CT molecular complexity index is 582. The van der Waals surface area contributed by atoms with E-state index in [1.807, 2.05) is 56.3 Å².